The second-order valence-corrected chi connectivity index (χ2v) is 10.4. The molecule has 0 radical (unpaired) electrons. The minimum Gasteiger partial charge on any atom is -0.478 e. The van der Waals surface area contributed by atoms with Gasteiger partial charge in [-0.2, -0.15) is 0 Å². The Morgan fingerprint density at radius 1 is 1.26 bits per heavy atom. The van der Waals surface area contributed by atoms with Crippen LogP contribution in [0.5, 0.6) is 0 Å². The summed E-state index contributed by atoms with van der Waals surface area (Å²) in [6.45, 7) is 7.39. The lowest BCUT2D eigenvalue weighted by atomic mass is 9.96. The lowest BCUT2D eigenvalue weighted by Gasteiger charge is -2.42. The van der Waals surface area contributed by atoms with Crippen molar-refractivity contribution in [3.63, 3.8) is 0 Å². The van der Waals surface area contributed by atoms with E-state index >= 15 is 0 Å². The van der Waals surface area contributed by atoms with Gasteiger partial charge in [0, 0.05) is 27.9 Å². The van der Waals surface area contributed by atoms with Crippen molar-refractivity contribution < 1.29 is 24.2 Å². The molecule has 0 aromatic heterocycles. The topological polar surface area (TPSA) is 95.9 Å². The first-order chi connectivity index (χ1) is 14.4. The molecule has 1 amide bonds. The number of carboxylic acids is 1. The summed E-state index contributed by atoms with van der Waals surface area (Å²) in [6, 6.07) is 5.68. The molecule has 1 aromatic rings. The van der Waals surface area contributed by atoms with Gasteiger partial charge in [0.25, 0.3) is 0 Å². The zero-order chi connectivity index (χ0) is 22.9. The maximum Gasteiger partial charge on any atom is 0.408 e. The summed E-state index contributed by atoms with van der Waals surface area (Å²) in [7, 11) is 0. The summed E-state index contributed by atoms with van der Waals surface area (Å²) in [5.74, 6) is -1.28. The van der Waals surface area contributed by atoms with Gasteiger partial charge in [0.1, 0.15) is 17.7 Å². The first-order valence-electron chi connectivity index (χ1n) is 9.81. The molecule has 2 N–H and O–H groups in total. The molecule has 7 nitrogen and oxygen atoms in total. The van der Waals surface area contributed by atoms with Crippen molar-refractivity contribution in [1.82, 2.24) is 10.2 Å². The van der Waals surface area contributed by atoms with Crippen LogP contribution < -0.4 is 5.32 Å². The zero-order valence-electron chi connectivity index (χ0n) is 17.7. The molecule has 3 atom stereocenters. The normalized spacial score (nSPS) is 23.5. The zero-order valence-corrected chi connectivity index (χ0v) is 19.3. The van der Waals surface area contributed by atoms with Crippen LogP contribution in [0.15, 0.2) is 47.0 Å². The van der Waals surface area contributed by atoms with E-state index in [2.05, 4.69) is 5.32 Å². The van der Waals surface area contributed by atoms with Gasteiger partial charge in [0.15, 0.2) is 5.78 Å². The molecule has 0 bridgehead atoms. The lowest BCUT2D eigenvalue weighted by molar-refractivity contribution is -0.132. The third-order valence-corrected chi connectivity index (χ3v) is 6.28. The molecule has 3 rings (SSSR count). The number of Topliss-reactive ketones (excluding diaryl/α,β-unsaturated/α-hetero) is 1. The number of halogens is 1. The second kappa shape index (κ2) is 8.96. The van der Waals surface area contributed by atoms with E-state index in [9.17, 15) is 19.5 Å². The van der Waals surface area contributed by atoms with Gasteiger partial charge >= 0.3 is 12.1 Å². The number of alkyl carbamates (subject to hydrolysis) is 1. The van der Waals surface area contributed by atoms with E-state index in [1.54, 1.807) is 37.8 Å². The van der Waals surface area contributed by atoms with Gasteiger partial charge in [-0.1, -0.05) is 30.7 Å². The maximum absolute atomic E-state index is 13.4. The Hall–Kier alpha value is -2.45. The van der Waals surface area contributed by atoms with E-state index in [1.807, 2.05) is 19.1 Å². The molecule has 1 saturated heterocycles. The third kappa shape index (κ3) is 5.62. The highest BCUT2D eigenvalue weighted by Gasteiger charge is 2.45. The van der Waals surface area contributed by atoms with Crippen LogP contribution >= 0.6 is 23.4 Å². The van der Waals surface area contributed by atoms with E-state index in [-0.39, 0.29) is 16.6 Å². The fourth-order valence-corrected chi connectivity index (χ4v) is 4.92. The molecule has 0 spiro atoms. The first kappa shape index (κ1) is 23.2. The summed E-state index contributed by atoms with van der Waals surface area (Å²) in [5.41, 5.74) is 0.291. The largest absolute Gasteiger partial charge is 0.478 e. The highest BCUT2D eigenvalue weighted by Crippen LogP contribution is 2.40. The fraction of sp³-hybridized carbons (Fsp3) is 0.409. The molecule has 166 valence electrons. The second-order valence-electron chi connectivity index (χ2n) is 8.49. The van der Waals surface area contributed by atoms with Gasteiger partial charge in [-0.3, -0.25) is 4.79 Å². The van der Waals surface area contributed by atoms with Crippen LogP contribution in [0.1, 0.15) is 33.3 Å². The average molecular weight is 465 g/mol. The Morgan fingerprint density at radius 2 is 1.90 bits per heavy atom. The first-order valence-corrected chi connectivity index (χ1v) is 11.1. The van der Waals surface area contributed by atoms with Crippen molar-refractivity contribution in [1.29, 1.82) is 0 Å². The predicted molar refractivity (Wildman–Crippen MR) is 120 cm³/mol. The number of benzene rings is 1. The minimum atomic E-state index is -1.07. The number of nitrogens with zero attached hydrogens (tertiary/aromatic N) is 1. The van der Waals surface area contributed by atoms with Crippen molar-refractivity contribution in [3.8, 4) is 0 Å². The van der Waals surface area contributed by atoms with Crippen molar-refractivity contribution in [2.45, 2.75) is 57.2 Å². The highest BCUT2D eigenvalue weighted by molar-refractivity contribution is 8.04. The molecule has 1 aromatic carbocycles. The standard InChI is InChI=1S/C22H25ClN2O5S/c1-12-17(24-21(29)30-22(2,3)4)19(26)18-16(31-12)9-14(20(27)28)11-25(18)10-13-5-7-15(23)8-6-13/h5-9,11-12,17-18H,10H2,1-4H3,(H,24,29)(H,27,28)/t12-,17+,18?/m1/s1. The Bertz CT molecular complexity index is 952. The minimum absolute atomic E-state index is 0.103. The summed E-state index contributed by atoms with van der Waals surface area (Å²) in [6.07, 6.45) is 2.35. The van der Waals surface area contributed by atoms with Gasteiger partial charge in [-0.25, -0.2) is 9.59 Å². The number of amides is 1. The van der Waals surface area contributed by atoms with Gasteiger partial charge in [-0.05, 0) is 44.5 Å². The monoisotopic (exact) mass is 464 g/mol. The summed E-state index contributed by atoms with van der Waals surface area (Å²) in [5, 5.41) is 12.5. The number of fused-ring (bicyclic) bond motifs is 1. The van der Waals surface area contributed by atoms with Crippen LogP contribution in [0.3, 0.4) is 0 Å². The number of nitrogens with one attached hydrogen (secondary N) is 1. The number of carbonyl (C=O) groups excluding carboxylic acids is 2. The number of ether oxygens (including phenoxy) is 1. The smallest absolute Gasteiger partial charge is 0.408 e. The van der Waals surface area contributed by atoms with Gasteiger partial charge in [0.05, 0.1) is 5.57 Å². The molecule has 9 heteroatoms. The lowest BCUT2D eigenvalue weighted by Crippen LogP contribution is -2.58. The van der Waals surface area contributed by atoms with Crippen LogP contribution in [-0.4, -0.2) is 50.8 Å². The van der Waals surface area contributed by atoms with E-state index < -0.39 is 29.7 Å². The number of carbonyl (C=O) groups is 3. The molecule has 31 heavy (non-hydrogen) atoms. The maximum atomic E-state index is 13.4. The Morgan fingerprint density at radius 3 is 2.48 bits per heavy atom. The molecular weight excluding hydrogens is 440 g/mol. The number of aliphatic carboxylic acids is 1. The van der Waals surface area contributed by atoms with Gasteiger partial charge in [-0.15, -0.1) is 11.8 Å². The summed E-state index contributed by atoms with van der Waals surface area (Å²) in [4.78, 5) is 39.7. The highest BCUT2D eigenvalue weighted by atomic mass is 35.5. The molecule has 2 heterocycles. The van der Waals surface area contributed by atoms with Crippen molar-refractivity contribution in [3.05, 3.63) is 57.6 Å². The van der Waals surface area contributed by atoms with E-state index in [4.69, 9.17) is 16.3 Å². The molecule has 1 fully saturated rings. The quantitative estimate of drug-likeness (QED) is 0.695. The Kier molecular flexibility index (Phi) is 6.71. The molecule has 2 aliphatic rings. The third-order valence-electron chi connectivity index (χ3n) is 4.77. The van der Waals surface area contributed by atoms with Crippen LogP contribution in [0.25, 0.3) is 0 Å². The van der Waals surface area contributed by atoms with E-state index in [0.29, 0.717) is 16.5 Å². The van der Waals surface area contributed by atoms with Gasteiger partial charge in [0.2, 0.25) is 0 Å². The van der Waals surface area contributed by atoms with Crippen molar-refractivity contribution >= 4 is 41.2 Å². The molecular formula is C22H25ClN2O5S. The number of ketones is 1. The van der Waals surface area contributed by atoms with E-state index in [0.717, 1.165) is 5.56 Å². The van der Waals surface area contributed by atoms with Crippen molar-refractivity contribution in [2.75, 3.05) is 0 Å². The van der Waals surface area contributed by atoms with E-state index in [1.165, 1.54) is 24.0 Å². The number of rotatable bonds is 4. The summed E-state index contributed by atoms with van der Waals surface area (Å²) < 4.78 is 5.31. The Balaban J connectivity index is 1.88. The number of carboxylic acid groups (broad SMARTS) is 1. The fourth-order valence-electron chi connectivity index (χ4n) is 3.45. The average Bonchev–Trinajstić information content (AvgIpc) is 2.65. The Labute approximate surface area is 190 Å². The van der Waals surface area contributed by atoms with Crippen molar-refractivity contribution in [2.24, 2.45) is 0 Å². The molecule has 1 unspecified atom stereocenters. The van der Waals surface area contributed by atoms with Gasteiger partial charge < -0.3 is 20.1 Å². The molecule has 0 saturated carbocycles. The van der Waals surface area contributed by atoms with Crippen LogP contribution in [0, 0.1) is 0 Å². The van der Waals surface area contributed by atoms with Crippen LogP contribution in [0.2, 0.25) is 5.02 Å². The van der Waals surface area contributed by atoms with Crippen LogP contribution in [-0.2, 0) is 20.9 Å². The predicted octanol–water partition coefficient (Wildman–Crippen LogP) is 3.97. The number of hydrogen-bond acceptors (Lipinski definition) is 6. The number of thioether (sulfide) groups is 1. The number of hydrogen-bond donors (Lipinski definition) is 2. The molecule has 0 aliphatic carbocycles. The summed E-state index contributed by atoms with van der Waals surface area (Å²) >= 11 is 7.34. The molecule has 2 aliphatic heterocycles. The van der Waals surface area contributed by atoms with Crippen LogP contribution in [0.4, 0.5) is 4.79 Å². The SMILES string of the molecule is C[C@H]1SC2=CC(C(=O)O)=CN(Cc3ccc(Cl)cc3)C2C(=O)[C@H]1NC(=O)OC(C)(C)C.